The van der Waals surface area contributed by atoms with E-state index in [0.29, 0.717) is 6.54 Å². The van der Waals surface area contributed by atoms with Crippen molar-refractivity contribution in [1.82, 2.24) is 4.90 Å². The van der Waals surface area contributed by atoms with Crippen LogP contribution in [-0.2, 0) is 20.9 Å². The maximum atomic E-state index is 12.5. The molecule has 150 valence electrons. The van der Waals surface area contributed by atoms with E-state index in [9.17, 15) is 9.59 Å². The lowest BCUT2D eigenvalue weighted by molar-refractivity contribution is -0.145. The summed E-state index contributed by atoms with van der Waals surface area (Å²) in [6, 6.07) is 25.3. The van der Waals surface area contributed by atoms with E-state index < -0.39 is 18.1 Å². The molecule has 3 aromatic carbocycles. The summed E-state index contributed by atoms with van der Waals surface area (Å²) in [4.78, 5) is 26.1. The fourth-order valence-electron chi connectivity index (χ4n) is 4.04. The van der Waals surface area contributed by atoms with Gasteiger partial charge >= 0.3 is 12.1 Å². The standard InChI is InChI=1S/C25H21NO4/c27-24(29-15-17-8-2-1-3-9-17)23-14-26(23)25(28)30-16-22-20-12-6-4-10-18(20)19-11-5-7-13-21(19)22/h1-13,22-23H,14-16H2/t23-,26?/m0/s1. The molecule has 1 aliphatic heterocycles. The number of esters is 1. The first-order chi connectivity index (χ1) is 14.7. The highest BCUT2D eigenvalue weighted by molar-refractivity contribution is 5.87. The average Bonchev–Trinajstić information content (AvgIpc) is 3.54. The van der Waals surface area contributed by atoms with Gasteiger partial charge in [0.2, 0.25) is 0 Å². The number of fused-ring (bicyclic) bond motifs is 3. The zero-order valence-corrected chi connectivity index (χ0v) is 16.4. The molecular weight excluding hydrogens is 378 g/mol. The molecule has 5 rings (SSSR count). The third-order valence-corrected chi connectivity index (χ3v) is 5.68. The highest BCUT2D eigenvalue weighted by atomic mass is 16.6. The lowest BCUT2D eigenvalue weighted by atomic mass is 9.98. The number of ether oxygens (including phenoxy) is 2. The summed E-state index contributed by atoms with van der Waals surface area (Å²) in [6.07, 6.45) is -0.474. The van der Waals surface area contributed by atoms with E-state index in [4.69, 9.17) is 9.47 Å². The van der Waals surface area contributed by atoms with E-state index in [2.05, 4.69) is 24.3 Å². The molecule has 5 heteroatoms. The van der Waals surface area contributed by atoms with E-state index >= 15 is 0 Å². The predicted molar refractivity (Wildman–Crippen MR) is 112 cm³/mol. The number of nitrogens with zero attached hydrogens (tertiary/aromatic N) is 1. The predicted octanol–water partition coefficient (Wildman–Crippen LogP) is 4.36. The van der Waals surface area contributed by atoms with Crippen molar-refractivity contribution in [2.45, 2.75) is 18.6 Å². The van der Waals surface area contributed by atoms with Crippen molar-refractivity contribution >= 4 is 12.1 Å². The smallest absolute Gasteiger partial charge is 0.410 e. The number of carbonyl (C=O) groups excluding carboxylic acids is 2. The number of hydrogen-bond donors (Lipinski definition) is 0. The van der Waals surface area contributed by atoms with Gasteiger partial charge in [-0.25, -0.2) is 9.59 Å². The van der Waals surface area contributed by atoms with Crippen LogP contribution in [0.25, 0.3) is 11.1 Å². The van der Waals surface area contributed by atoms with Crippen LogP contribution in [0.1, 0.15) is 22.6 Å². The molecule has 1 saturated heterocycles. The van der Waals surface area contributed by atoms with Gasteiger partial charge in [-0.2, -0.15) is 0 Å². The third kappa shape index (κ3) is 3.43. The van der Waals surface area contributed by atoms with Crippen LogP contribution in [0.15, 0.2) is 78.9 Å². The second-order valence-electron chi connectivity index (χ2n) is 7.57. The molecule has 0 N–H and O–H groups in total. The Labute approximate surface area is 174 Å². The summed E-state index contributed by atoms with van der Waals surface area (Å²) in [5.74, 6) is -0.392. The van der Waals surface area contributed by atoms with Gasteiger partial charge in [0.25, 0.3) is 0 Å². The molecule has 5 nitrogen and oxygen atoms in total. The highest BCUT2D eigenvalue weighted by Gasteiger charge is 2.47. The van der Waals surface area contributed by atoms with Crippen molar-refractivity contribution in [2.75, 3.05) is 13.2 Å². The fourth-order valence-corrected chi connectivity index (χ4v) is 4.04. The topological polar surface area (TPSA) is 55.6 Å². The van der Waals surface area contributed by atoms with E-state index in [1.54, 1.807) is 0 Å². The van der Waals surface area contributed by atoms with Crippen molar-refractivity contribution in [3.05, 3.63) is 95.6 Å². The van der Waals surface area contributed by atoms with Crippen molar-refractivity contribution in [1.29, 1.82) is 0 Å². The van der Waals surface area contributed by atoms with Crippen LogP contribution in [0.3, 0.4) is 0 Å². The number of benzene rings is 3. The minimum atomic E-state index is -0.552. The van der Waals surface area contributed by atoms with E-state index in [1.807, 2.05) is 54.6 Å². The Morgan fingerprint density at radius 3 is 2.07 bits per heavy atom. The van der Waals surface area contributed by atoms with E-state index in [1.165, 1.54) is 16.0 Å². The molecule has 0 unspecified atom stereocenters. The third-order valence-electron chi connectivity index (χ3n) is 5.68. The molecule has 30 heavy (non-hydrogen) atoms. The molecule has 1 fully saturated rings. The second-order valence-corrected chi connectivity index (χ2v) is 7.57. The zero-order chi connectivity index (χ0) is 20.5. The largest absolute Gasteiger partial charge is 0.459 e. The van der Waals surface area contributed by atoms with Crippen LogP contribution >= 0.6 is 0 Å². The number of hydrogen-bond acceptors (Lipinski definition) is 4. The Balaban J connectivity index is 1.18. The molecule has 0 spiro atoms. The zero-order valence-electron chi connectivity index (χ0n) is 16.4. The SMILES string of the molecule is O=C(OCc1ccccc1)[C@@H]1CN1C(=O)OCC1c2ccccc2-c2ccccc21. The summed E-state index contributed by atoms with van der Waals surface area (Å²) in [6.45, 7) is 0.786. The first kappa shape index (κ1) is 18.4. The Morgan fingerprint density at radius 1 is 0.800 bits per heavy atom. The average molecular weight is 399 g/mol. The van der Waals surface area contributed by atoms with Gasteiger partial charge in [0.1, 0.15) is 13.2 Å². The summed E-state index contributed by atoms with van der Waals surface area (Å²) in [5, 5.41) is 0. The van der Waals surface area contributed by atoms with Crippen LogP contribution in [-0.4, -0.2) is 36.2 Å². The normalized spacial score (nSPS) is 16.5. The van der Waals surface area contributed by atoms with Gasteiger partial charge in [0, 0.05) is 5.92 Å². The number of rotatable bonds is 5. The summed E-state index contributed by atoms with van der Waals surface area (Å²) in [5.41, 5.74) is 5.61. The van der Waals surface area contributed by atoms with Gasteiger partial charge in [-0.1, -0.05) is 78.9 Å². The maximum absolute atomic E-state index is 12.5. The lowest BCUT2D eigenvalue weighted by Crippen LogP contribution is -2.23. The quantitative estimate of drug-likeness (QED) is 0.472. The van der Waals surface area contributed by atoms with Gasteiger partial charge in [-0.05, 0) is 27.8 Å². The Morgan fingerprint density at radius 2 is 1.40 bits per heavy atom. The first-order valence-electron chi connectivity index (χ1n) is 10.0. The lowest BCUT2D eigenvalue weighted by Gasteiger charge is -2.14. The Hall–Kier alpha value is -3.60. The molecule has 1 heterocycles. The van der Waals surface area contributed by atoms with Crippen molar-refractivity contribution < 1.29 is 19.1 Å². The fraction of sp³-hybridized carbons (Fsp3) is 0.200. The molecule has 0 saturated carbocycles. The minimum absolute atomic E-state index is 0.00443. The first-order valence-corrected chi connectivity index (χ1v) is 10.0. The molecule has 0 aromatic heterocycles. The van der Waals surface area contributed by atoms with Crippen LogP contribution in [0.4, 0.5) is 4.79 Å². The van der Waals surface area contributed by atoms with Gasteiger partial charge < -0.3 is 9.47 Å². The number of amides is 1. The van der Waals surface area contributed by atoms with Crippen LogP contribution in [0.2, 0.25) is 0 Å². The van der Waals surface area contributed by atoms with Crippen LogP contribution < -0.4 is 0 Å². The van der Waals surface area contributed by atoms with Gasteiger partial charge in [-0.15, -0.1) is 0 Å². The molecular formula is C25H21NO4. The van der Waals surface area contributed by atoms with Crippen molar-refractivity contribution in [3.8, 4) is 11.1 Å². The van der Waals surface area contributed by atoms with Gasteiger partial charge in [0.05, 0.1) is 6.54 Å². The van der Waals surface area contributed by atoms with Gasteiger partial charge in [-0.3, -0.25) is 4.90 Å². The molecule has 1 amide bonds. The molecule has 3 aromatic rings. The molecule has 2 aliphatic rings. The van der Waals surface area contributed by atoms with E-state index in [-0.39, 0.29) is 19.1 Å². The summed E-state index contributed by atoms with van der Waals surface area (Å²) in [7, 11) is 0. The van der Waals surface area contributed by atoms with Crippen LogP contribution in [0, 0.1) is 0 Å². The summed E-state index contributed by atoms with van der Waals surface area (Å²) >= 11 is 0. The summed E-state index contributed by atoms with van der Waals surface area (Å²) < 4.78 is 10.9. The molecule has 0 radical (unpaired) electrons. The second kappa shape index (κ2) is 7.67. The molecule has 1 atom stereocenters. The van der Waals surface area contributed by atoms with Crippen molar-refractivity contribution in [3.63, 3.8) is 0 Å². The van der Waals surface area contributed by atoms with E-state index in [0.717, 1.165) is 16.7 Å². The monoisotopic (exact) mass is 399 g/mol. The van der Waals surface area contributed by atoms with Crippen molar-refractivity contribution in [2.24, 2.45) is 0 Å². The van der Waals surface area contributed by atoms with Crippen LogP contribution in [0.5, 0.6) is 0 Å². The number of carbonyl (C=O) groups is 2. The Bertz CT molecular complexity index is 1050. The Kier molecular flexibility index (Phi) is 4.71. The molecule has 0 bridgehead atoms. The minimum Gasteiger partial charge on any atom is -0.459 e. The van der Waals surface area contributed by atoms with Gasteiger partial charge in [0.15, 0.2) is 6.04 Å². The molecule has 1 aliphatic carbocycles. The maximum Gasteiger partial charge on any atom is 0.410 e. The highest BCUT2D eigenvalue weighted by Crippen LogP contribution is 2.44.